The van der Waals surface area contributed by atoms with E-state index in [4.69, 9.17) is 16.3 Å². The minimum absolute atomic E-state index is 0.165. The summed E-state index contributed by atoms with van der Waals surface area (Å²) >= 11 is 6.09. The highest BCUT2D eigenvalue weighted by Crippen LogP contribution is 2.23. The van der Waals surface area contributed by atoms with Gasteiger partial charge in [-0.3, -0.25) is 4.79 Å². The molecule has 0 aromatic heterocycles. The first-order valence-corrected chi connectivity index (χ1v) is 8.75. The lowest BCUT2D eigenvalue weighted by Gasteiger charge is -2.10. The molecule has 1 N–H and O–H groups in total. The SMILES string of the molecule is Cc1cccc(OCc2ccc(C(=O)Nc3cccc(Cl)c3C)cc2)c1. The Kier molecular flexibility index (Phi) is 5.59. The van der Waals surface area contributed by atoms with Crippen molar-refractivity contribution in [1.82, 2.24) is 0 Å². The number of halogens is 1. The van der Waals surface area contributed by atoms with Gasteiger partial charge in [-0.15, -0.1) is 0 Å². The molecule has 0 radical (unpaired) electrons. The van der Waals surface area contributed by atoms with Gasteiger partial charge in [-0.2, -0.15) is 0 Å². The molecule has 0 aliphatic rings. The molecule has 3 nitrogen and oxygen atoms in total. The van der Waals surface area contributed by atoms with Crippen molar-refractivity contribution in [1.29, 1.82) is 0 Å². The molecular formula is C22H20ClNO2. The largest absolute Gasteiger partial charge is 0.489 e. The first-order valence-electron chi connectivity index (χ1n) is 8.38. The molecule has 0 saturated heterocycles. The molecule has 0 saturated carbocycles. The third kappa shape index (κ3) is 4.44. The minimum atomic E-state index is -0.165. The number of amides is 1. The summed E-state index contributed by atoms with van der Waals surface area (Å²) in [6.45, 7) is 4.37. The second-order valence-corrected chi connectivity index (χ2v) is 6.58. The highest BCUT2D eigenvalue weighted by molar-refractivity contribution is 6.31. The van der Waals surface area contributed by atoms with Gasteiger partial charge in [0.05, 0.1) is 0 Å². The lowest BCUT2D eigenvalue weighted by molar-refractivity contribution is 0.102. The molecule has 3 aromatic carbocycles. The lowest BCUT2D eigenvalue weighted by Crippen LogP contribution is -2.13. The maximum atomic E-state index is 12.4. The molecule has 3 aromatic rings. The summed E-state index contributed by atoms with van der Waals surface area (Å²) in [7, 11) is 0. The smallest absolute Gasteiger partial charge is 0.255 e. The van der Waals surface area contributed by atoms with Crippen LogP contribution in [-0.4, -0.2) is 5.91 Å². The molecule has 4 heteroatoms. The topological polar surface area (TPSA) is 38.3 Å². The Balaban J connectivity index is 1.63. The monoisotopic (exact) mass is 365 g/mol. The number of carbonyl (C=O) groups excluding carboxylic acids is 1. The predicted octanol–water partition coefficient (Wildman–Crippen LogP) is 5.79. The van der Waals surface area contributed by atoms with Gasteiger partial charge in [-0.25, -0.2) is 0 Å². The van der Waals surface area contributed by atoms with Crippen LogP contribution < -0.4 is 10.1 Å². The summed E-state index contributed by atoms with van der Waals surface area (Å²) in [6.07, 6.45) is 0. The number of anilines is 1. The maximum Gasteiger partial charge on any atom is 0.255 e. The molecule has 0 aliphatic heterocycles. The predicted molar refractivity (Wildman–Crippen MR) is 106 cm³/mol. The molecular weight excluding hydrogens is 346 g/mol. The Bertz CT molecular complexity index is 920. The number of hydrogen-bond donors (Lipinski definition) is 1. The maximum absolute atomic E-state index is 12.4. The fourth-order valence-corrected chi connectivity index (χ4v) is 2.74. The van der Waals surface area contributed by atoms with E-state index >= 15 is 0 Å². The van der Waals surface area contributed by atoms with Gasteiger partial charge in [0, 0.05) is 16.3 Å². The summed E-state index contributed by atoms with van der Waals surface area (Å²) in [6, 6.07) is 20.8. The summed E-state index contributed by atoms with van der Waals surface area (Å²) in [5, 5.41) is 3.53. The number of aryl methyl sites for hydroxylation is 1. The van der Waals surface area contributed by atoms with Crippen LogP contribution >= 0.6 is 11.6 Å². The summed E-state index contributed by atoms with van der Waals surface area (Å²) < 4.78 is 5.78. The van der Waals surface area contributed by atoms with Gasteiger partial charge in [0.1, 0.15) is 12.4 Å². The molecule has 0 atom stereocenters. The number of carbonyl (C=O) groups is 1. The molecule has 26 heavy (non-hydrogen) atoms. The van der Waals surface area contributed by atoms with E-state index in [0.29, 0.717) is 22.9 Å². The van der Waals surface area contributed by atoms with Crippen LogP contribution in [-0.2, 0) is 6.61 Å². The van der Waals surface area contributed by atoms with Crippen LogP contribution in [0.25, 0.3) is 0 Å². The quantitative estimate of drug-likeness (QED) is 0.621. The molecule has 1 amide bonds. The number of nitrogens with one attached hydrogen (secondary N) is 1. The van der Waals surface area contributed by atoms with E-state index in [-0.39, 0.29) is 5.91 Å². The minimum Gasteiger partial charge on any atom is -0.489 e. The third-order valence-corrected chi connectivity index (χ3v) is 4.54. The van der Waals surface area contributed by atoms with E-state index in [1.165, 1.54) is 0 Å². The Morgan fingerprint density at radius 1 is 1.00 bits per heavy atom. The molecule has 0 fully saturated rings. The zero-order chi connectivity index (χ0) is 18.5. The Morgan fingerprint density at radius 2 is 1.73 bits per heavy atom. The number of rotatable bonds is 5. The average molecular weight is 366 g/mol. The lowest BCUT2D eigenvalue weighted by atomic mass is 10.1. The number of benzene rings is 3. The molecule has 0 heterocycles. The van der Waals surface area contributed by atoms with Crippen molar-refractivity contribution < 1.29 is 9.53 Å². The second-order valence-electron chi connectivity index (χ2n) is 6.17. The summed E-state index contributed by atoms with van der Waals surface area (Å²) in [5.41, 5.74) is 4.32. The standard InChI is InChI=1S/C22H20ClNO2/c1-15-5-3-6-19(13-15)26-14-17-9-11-18(12-10-17)22(25)24-21-8-4-7-20(23)16(21)2/h3-13H,14H2,1-2H3,(H,24,25). The fraction of sp³-hybridized carbons (Fsp3) is 0.136. The van der Waals surface area contributed by atoms with E-state index in [1.807, 2.05) is 62.4 Å². The fourth-order valence-electron chi connectivity index (χ4n) is 2.56. The van der Waals surface area contributed by atoms with Crippen molar-refractivity contribution >= 4 is 23.2 Å². The summed E-state index contributed by atoms with van der Waals surface area (Å²) in [5.74, 6) is 0.671. The van der Waals surface area contributed by atoms with Gasteiger partial charge in [-0.05, 0) is 66.9 Å². The van der Waals surface area contributed by atoms with Crippen molar-refractivity contribution in [3.63, 3.8) is 0 Å². The number of ether oxygens (including phenoxy) is 1. The summed E-state index contributed by atoms with van der Waals surface area (Å²) in [4.78, 5) is 12.4. The van der Waals surface area contributed by atoms with Gasteiger partial charge in [0.2, 0.25) is 0 Å². The molecule has 0 unspecified atom stereocenters. The van der Waals surface area contributed by atoms with Crippen molar-refractivity contribution in [3.8, 4) is 5.75 Å². The molecule has 0 aliphatic carbocycles. The second kappa shape index (κ2) is 8.07. The van der Waals surface area contributed by atoms with E-state index in [9.17, 15) is 4.79 Å². The van der Waals surface area contributed by atoms with Crippen LogP contribution in [0.3, 0.4) is 0 Å². The zero-order valence-corrected chi connectivity index (χ0v) is 15.5. The first kappa shape index (κ1) is 18.0. The third-order valence-electron chi connectivity index (χ3n) is 4.13. The van der Waals surface area contributed by atoms with Crippen LogP contribution in [0.4, 0.5) is 5.69 Å². The van der Waals surface area contributed by atoms with Crippen molar-refractivity contribution in [2.24, 2.45) is 0 Å². The van der Waals surface area contributed by atoms with Gasteiger partial charge >= 0.3 is 0 Å². The molecule has 0 spiro atoms. The van der Waals surface area contributed by atoms with Crippen LogP contribution in [0.1, 0.15) is 27.0 Å². The Hall–Kier alpha value is -2.78. The van der Waals surface area contributed by atoms with Crippen LogP contribution in [0.5, 0.6) is 5.75 Å². The van der Waals surface area contributed by atoms with Gasteiger partial charge in [0.15, 0.2) is 0 Å². The van der Waals surface area contributed by atoms with Gasteiger partial charge in [0.25, 0.3) is 5.91 Å². The van der Waals surface area contributed by atoms with Crippen LogP contribution in [0.15, 0.2) is 66.7 Å². The Morgan fingerprint density at radius 3 is 2.46 bits per heavy atom. The van der Waals surface area contributed by atoms with Crippen molar-refractivity contribution in [2.45, 2.75) is 20.5 Å². The highest BCUT2D eigenvalue weighted by Gasteiger charge is 2.09. The van der Waals surface area contributed by atoms with Crippen molar-refractivity contribution in [3.05, 3.63) is 94.0 Å². The van der Waals surface area contributed by atoms with Crippen molar-refractivity contribution in [2.75, 3.05) is 5.32 Å². The van der Waals surface area contributed by atoms with E-state index in [0.717, 1.165) is 22.4 Å². The van der Waals surface area contributed by atoms with E-state index < -0.39 is 0 Å². The molecule has 132 valence electrons. The van der Waals surface area contributed by atoms with Crippen LogP contribution in [0.2, 0.25) is 5.02 Å². The molecule has 3 rings (SSSR count). The molecule has 0 bridgehead atoms. The Labute approximate surface area is 158 Å². The normalized spacial score (nSPS) is 10.4. The number of hydrogen-bond acceptors (Lipinski definition) is 2. The van der Waals surface area contributed by atoms with E-state index in [1.54, 1.807) is 18.2 Å². The average Bonchev–Trinajstić information content (AvgIpc) is 2.64. The van der Waals surface area contributed by atoms with E-state index in [2.05, 4.69) is 5.32 Å². The van der Waals surface area contributed by atoms with Gasteiger partial charge < -0.3 is 10.1 Å². The zero-order valence-electron chi connectivity index (χ0n) is 14.8. The van der Waals surface area contributed by atoms with Crippen LogP contribution in [0, 0.1) is 13.8 Å². The van der Waals surface area contributed by atoms with Gasteiger partial charge in [-0.1, -0.05) is 41.9 Å². The highest BCUT2D eigenvalue weighted by atomic mass is 35.5. The first-order chi connectivity index (χ1) is 12.5.